The molecular weight excluding hydrogens is 298 g/mol. The van der Waals surface area contributed by atoms with E-state index in [1.54, 1.807) is 6.08 Å². The molecule has 2 aliphatic rings. The van der Waals surface area contributed by atoms with Gasteiger partial charge in [-0.1, -0.05) is 31.5 Å². The van der Waals surface area contributed by atoms with Gasteiger partial charge < -0.3 is 10.1 Å². The molecule has 0 radical (unpaired) electrons. The van der Waals surface area contributed by atoms with Crippen molar-refractivity contribution in [3.63, 3.8) is 0 Å². The zero-order valence-corrected chi connectivity index (χ0v) is 14.8. The van der Waals surface area contributed by atoms with Crippen LogP contribution in [0.25, 0.3) is 6.08 Å². The molecule has 4 unspecified atom stereocenters. The summed E-state index contributed by atoms with van der Waals surface area (Å²) < 4.78 is 5.73. The summed E-state index contributed by atoms with van der Waals surface area (Å²) in [7, 11) is 0. The second-order valence-electron chi connectivity index (χ2n) is 7.36. The van der Waals surface area contributed by atoms with Gasteiger partial charge in [-0.2, -0.15) is 0 Å². The normalized spacial score (nSPS) is 26.7. The zero-order chi connectivity index (χ0) is 16.9. The van der Waals surface area contributed by atoms with Gasteiger partial charge in [-0.15, -0.1) is 0 Å². The summed E-state index contributed by atoms with van der Waals surface area (Å²) in [6, 6.07) is 8.12. The van der Waals surface area contributed by atoms with Crippen LogP contribution in [0.2, 0.25) is 0 Å². The van der Waals surface area contributed by atoms with Gasteiger partial charge in [-0.25, -0.2) is 0 Å². The van der Waals surface area contributed by atoms with E-state index in [0.29, 0.717) is 12.5 Å². The summed E-state index contributed by atoms with van der Waals surface area (Å²) in [5.41, 5.74) is 0.952. The van der Waals surface area contributed by atoms with Crippen molar-refractivity contribution >= 4 is 12.0 Å². The molecule has 24 heavy (non-hydrogen) atoms. The Hall–Kier alpha value is -1.77. The first-order valence-corrected chi connectivity index (χ1v) is 9.37. The fraction of sp³-hybridized carbons (Fsp3) is 0.571. The van der Waals surface area contributed by atoms with E-state index in [0.717, 1.165) is 29.6 Å². The van der Waals surface area contributed by atoms with Crippen LogP contribution in [0.4, 0.5) is 0 Å². The molecule has 1 aromatic carbocycles. The minimum atomic E-state index is -0.00410. The highest BCUT2D eigenvalue weighted by Crippen LogP contribution is 2.49. The molecule has 1 N–H and O–H groups in total. The number of nitrogens with one attached hydrogen (secondary N) is 1. The summed E-state index contributed by atoms with van der Waals surface area (Å²) in [6.07, 6.45) is 9.89. The maximum atomic E-state index is 12.3. The molecule has 3 nitrogen and oxygen atoms in total. The quantitative estimate of drug-likeness (QED) is 0.752. The second-order valence-corrected chi connectivity index (χ2v) is 7.36. The monoisotopic (exact) mass is 327 g/mol. The van der Waals surface area contributed by atoms with Crippen LogP contribution in [-0.4, -0.2) is 18.6 Å². The minimum Gasteiger partial charge on any atom is -0.493 e. The van der Waals surface area contributed by atoms with Crippen molar-refractivity contribution in [2.24, 2.45) is 17.8 Å². The molecule has 3 rings (SSSR count). The third kappa shape index (κ3) is 4.00. The van der Waals surface area contributed by atoms with Crippen molar-refractivity contribution in [1.29, 1.82) is 0 Å². The standard InChI is InChI=1S/C21H29NO2/c1-3-12-24-20-7-5-4-6-17(20)10-11-21(23)22-15(2)19-14-16-8-9-18(19)13-16/h4-7,10-11,15-16,18-19H,3,8-9,12-14H2,1-2H3,(H,22,23)/b11-10+. The summed E-state index contributed by atoms with van der Waals surface area (Å²) in [5.74, 6) is 3.25. The van der Waals surface area contributed by atoms with E-state index in [9.17, 15) is 4.79 Å². The molecule has 0 aromatic heterocycles. The van der Waals surface area contributed by atoms with Crippen LogP contribution in [0, 0.1) is 17.8 Å². The number of ether oxygens (including phenoxy) is 1. The third-order valence-electron chi connectivity index (χ3n) is 5.60. The van der Waals surface area contributed by atoms with Crippen LogP contribution in [0.1, 0.15) is 51.5 Å². The van der Waals surface area contributed by atoms with Crippen molar-refractivity contribution in [1.82, 2.24) is 5.32 Å². The van der Waals surface area contributed by atoms with Crippen LogP contribution >= 0.6 is 0 Å². The topological polar surface area (TPSA) is 38.3 Å². The molecule has 0 heterocycles. The molecule has 3 heteroatoms. The molecule has 2 bridgehead atoms. The maximum Gasteiger partial charge on any atom is 0.244 e. The summed E-state index contributed by atoms with van der Waals surface area (Å²) >= 11 is 0. The van der Waals surface area contributed by atoms with Crippen LogP contribution in [-0.2, 0) is 4.79 Å². The summed E-state index contributed by atoms with van der Waals surface area (Å²) in [6.45, 7) is 4.94. The van der Waals surface area contributed by atoms with Gasteiger partial charge in [0.05, 0.1) is 6.61 Å². The summed E-state index contributed by atoms with van der Waals surface area (Å²) in [4.78, 5) is 12.3. The predicted molar refractivity (Wildman–Crippen MR) is 97.8 cm³/mol. The lowest BCUT2D eigenvalue weighted by atomic mass is 9.84. The van der Waals surface area contributed by atoms with Crippen molar-refractivity contribution < 1.29 is 9.53 Å². The van der Waals surface area contributed by atoms with Gasteiger partial charge >= 0.3 is 0 Å². The highest BCUT2D eigenvalue weighted by molar-refractivity contribution is 5.92. The third-order valence-corrected chi connectivity index (χ3v) is 5.60. The molecular formula is C21H29NO2. The Kier molecular flexibility index (Phi) is 5.60. The molecule has 4 atom stereocenters. The van der Waals surface area contributed by atoms with Gasteiger partial charge in [0.2, 0.25) is 5.91 Å². The number of carbonyl (C=O) groups is 1. The van der Waals surface area contributed by atoms with E-state index in [4.69, 9.17) is 4.74 Å². The lowest BCUT2D eigenvalue weighted by molar-refractivity contribution is -0.117. The number of hydrogen-bond acceptors (Lipinski definition) is 2. The smallest absolute Gasteiger partial charge is 0.244 e. The van der Waals surface area contributed by atoms with Crippen LogP contribution < -0.4 is 10.1 Å². The van der Waals surface area contributed by atoms with Crippen LogP contribution in [0.5, 0.6) is 5.75 Å². The van der Waals surface area contributed by atoms with Gasteiger partial charge in [0.15, 0.2) is 0 Å². The Labute approximate surface area is 145 Å². The highest BCUT2D eigenvalue weighted by Gasteiger charge is 2.41. The highest BCUT2D eigenvalue weighted by atomic mass is 16.5. The van der Waals surface area contributed by atoms with E-state index in [1.807, 2.05) is 30.3 Å². The number of fused-ring (bicyclic) bond motifs is 2. The average molecular weight is 327 g/mol. The molecule has 2 aliphatic carbocycles. The lowest BCUT2D eigenvalue weighted by Gasteiger charge is -2.28. The minimum absolute atomic E-state index is 0.00410. The maximum absolute atomic E-state index is 12.3. The van der Waals surface area contributed by atoms with Gasteiger partial charge in [0.25, 0.3) is 0 Å². The molecule has 2 fully saturated rings. The second kappa shape index (κ2) is 7.87. The lowest BCUT2D eigenvalue weighted by Crippen LogP contribution is -2.39. The number of para-hydroxylation sites is 1. The Morgan fingerprint density at radius 2 is 2.17 bits per heavy atom. The first kappa shape index (κ1) is 17.1. The average Bonchev–Trinajstić information content (AvgIpc) is 3.22. The summed E-state index contributed by atoms with van der Waals surface area (Å²) in [5, 5.41) is 3.17. The number of benzene rings is 1. The van der Waals surface area contributed by atoms with E-state index in [2.05, 4.69) is 19.2 Å². The zero-order valence-electron chi connectivity index (χ0n) is 14.8. The van der Waals surface area contributed by atoms with Gasteiger partial charge in [0.1, 0.15) is 5.75 Å². The van der Waals surface area contributed by atoms with Crippen molar-refractivity contribution in [3.8, 4) is 5.75 Å². The Morgan fingerprint density at radius 1 is 1.33 bits per heavy atom. The van der Waals surface area contributed by atoms with E-state index in [1.165, 1.54) is 25.7 Å². The molecule has 0 spiro atoms. The molecule has 130 valence electrons. The Balaban J connectivity index is 1.55. The van der Waals surface area contributed by atoms with Crippen molar-refractivity contribution in [2.75, 3.05) is 6.61 Å². The fourth-order valence-electron chi connectivity index (χ4n) is 4.41. The van der Waals surface area contributed by atoms with E-state index in [-0.39, 0.29) is 11.9 Å². The van der Waals surface area contributed by atoms with E-state index < -0.39 is 0 Å². The first-order valence-electron chi connectivity index (χ1n) is 9.37. The fourth-order valence-corrected chi connectivity index (χ4v) is 4.41. The van der Waals surface area contributed by atoms with Crippen LogP contribution in [0.15, 0.2) is 30.3 Å². The van der Waals surface area contributed by atoms with Crippen molar-refractivity contribution in [3.05, 3.63) is 35.9 Å². The first-order chi connectivity index (χ1) is 11.7. The molecule has 1 aromatic rings. The van der Waals surface area contributed by atoms with E-state index >= 15 is 0 Å². The predicted octanol–water partition coefficient (Wildman–Crippen LogP) is 4.43. The largest absolute Gasteiger partial charge is 0.493 e. The van der Waals surface area contributed by atoms with Crippen LogP contribution in [0.3, 0.4) is 0 Å². The van der Waals surface area contributed by atoms with Crippen molar-refractivity contribution in [2.45, 2.75) is 52.0 Å². The molecule has 1 amide bonds. The Morgan fingerprint density at radius 3 is 2.88 bits per heavy atom. The number of hydrogen-bond donors (Lipinski definition) is 1. The molecule has 2 saturated carbocycles. The SMILES string of the molecule is CCCOc1ccccc1/C=C/C(=O)NC(C)C1CC2CCC1C2. The Bertz CT molecular complexity index is 595. The number of amides is 1. The van der Waals surface area contributed by atoms with Gasteiger partial charge in [-0.3, -0.25) is 4.79 Å². The van der Waals surface area contributed by atoms with Gasteiger partial charge in [0, 0.05) is 17.7 Å². The molecule has 0 saturated heterocycles. The number of rotatable bonds is 7. The number of carbonyl (C=O) groups excluding carboxylic acids is 1. The van der Waals surface area contributed by atoms with Gasteiger partial charge in [-0.05, 0) is 62.5 Å². The molecule has 0 aliphatic heterocycles.